The monoisotopic (exact) mass is 214 g/mol. The minimum atomic E-state index is 0.0751. The first-order valence-corrected chi connectivity index (χ1v) is 5.31. The molecular weight excluding hydrogens is 200 g/mol. The molecule has 3 heteroatoms. The summed E-state index contributed by atoms with van der Waals surface area (Å²) in [5, 5.41) is 1.01. The summed E-state index contributed by atoms with van der Waals surface area (Å²) < 4.78 is 1.68. The summed E-state index contributed by atoms with van der Waals surface area (Å²) in [6.07, 6.45) is 4.64. The number of hydrogen-bond acceptors (Lipinski definition) is 2. The van der Waals surface area contributed by atoms with E-state index in [1.165, 1.54) is 0 Å². The van der Waals surface area contributed by atoms with Crippen LogP contribution in [0, 0.1) is 6.92 Å². The fraction of sp³-hybridized carbons (Fsp3) is 0.231. The molecule has 0 amide bonds. The van der Waals surface area contributed by atoms with Crippen molar-refractivity contribution < 1.29 is 4.79 Å². The van der Waals surface area contributed by atoms with Gasteiger partial charge in [-0.1, -0.05) is 6.08 Å². The second kappa shape index (κ2) is 4.31. The van der Waals surface area contributed by atoms with Gasteiger partial charge in [0.1, 0.15) is 5.65 Å². The average molecular weight is 214 g/mol. The fourth-order valence-electron chi connectivity index (χ4n) is 1.82. The number of nitrogens with zero attached hydrogens (tertiary/aromatic N) is 2. The molecule has 0 aromatic carbocycles. The van der Waals surface area contributed by atoms with Gasteiger partial charge in [-0.05, 0) is 31.5 Å². The van der Waals surface area contributed by atoms with E-state index in [2.05, 4.69) is 11.6 Å². The first-order valence-electron chi connectivity index (χ1n) is 5.31. The van der Waals surface area contributed by atoms with Gasteiger partial charge < -0.3 is 0 Å². The maximum Gasteiger partial charge on any atom is 0.232 e. The van der Waals surface area contributed by atoms with E-state index < -0.39 is 0 Å². The molecule has 2 aromatic rings. The zero-order chi connectivity index (χ0) is 11.5. The Hall–Kier alpha value is -1.90. The number of carbonyl (C=O) groups excluding carboxylic acids is 1. The highest BCUT2D eigenvalue weighted by molar-refractivity contribution is 5.91. The van der Waals surface area contributed by atoms with Gasteiger partial charge in [-0.3, -0.25) is 9.36 Å². The summed E-state index contributed by atoms with van der Waals surface area (Å²) in [4.78, 5) is 16.2. The average Bonchev–Trinajstić information content (AvgIpc) is 2.62. The zero-order valence-electron chi connectivity index (χ0n) is 9.31. The molecule has 0 bridgehead atoms. The van der Waals surface area contributed by atoms with Crippen LogP contribution in [0.25, 0.3) is 11.0 Å². The van der Waals surface area contributed by atoms with Gasteiger partial charge >= 0.3 is 0 Å². The van der Waals surface area contributed by atoms with E-state index in [0.29, 0.717) is 12.8 Å². The quantitative estimate of drug-likeness (QED) is 0.736. The smallest absolute Gasteiger partial charge is 0.232 e. The van der Waals surface area contributed by atoms with Gasteiger partial charge in [-0.2, -0.15) is 0 Å². The molecule has 0 spiro atoms. The van der Waals surface area contributed by atoms with E-state index in [1.54, 1.807) is 16.8 Å². The van der Waals surface area contributed by atoms with Gasteiger partial charge in [0.2, 0.25) is 5.91 Å². The first-order chi connectivity index (χ1) is 7.74. The van der Waals surface area contributed by atoms with E-state index in [0.717, 1.165) is 16.7 Å². The standard InChI is InChI=1S/C13H14N2O/c1-3-4-7-12(16)15-10(2)9-11-6-5-8-14-13(11)15/h3,5-6,8-9H,1,4,7H2,2H3. The maximum absolute atomic E-state index is 12.0. The lowest BCUT2D eigenvalue weighted by Gasteiger charge is -2.04. The SMILES string of the molecule is C=CCCC(=O)n1c(C)cc2cccnc21. The van der Waals surface area contributed by atoms with Crippen molar-refractivity contribution in [3.8, 4) is 0 Å². The molecule has 2 aromatic heterocycles. The summed E-state index contributed by atoms with van der Waals surface area (Å²) in [6, 6.07) is 5.82. The predicted molar refractivity (Wildman–Crippen MR) is 64.5 cm³/mol. The third-order valence-electron chi connectivity index (χ3n) is 2.56. The van der Waals surface area contributed by atoms with E-state index in [1.807, 2.05) is 25.1 Å². The lowest BCUT2D eigenvalue weighted by atomic mass is 10.3. The Morgan fingerprint density at radius 3 is 3.19 bits per heavy atom. The van der Waals surface area contributed by atoms with Crippen LogP contribution in [0.15, 0.2) is 37.1 Å². The van der Waals surface area contributed by atoms with Crippen molar-refractivity contribution in [2.24, 2.45) is 0 Å². The highest BCUT2D eigenvalue weighted by atomic mass is 16.2. The Morgan fingerprint density at radius 2 is 2.44 bits per heavy atom. The van der Waals surface area contributed by atoms with Crippen molar-refractivity contribution in [3.05, 3.63) is 42.7 Å². The molecule has 0 radical (unpaired) electrons. The summed E-state index contributed by atoms with van der Waals surface area (Å²) in [7, 11) is 0. The largest absolute Gasteiger partial charge is 0.274 e. The molecule has 0 saturated heterocycles. The molecule has 3 nitrogen and oxygen atoms in total. The fourth-order valence-corrected chi connectivity index (χ4v) is 1.82. The molecule has 0 aliphatic heterocycles. The molecule has 82 valence electrons. The van der Waals surface area contributed by atoms with Crippen LogP contribution in [0.3, 0.4) is 0 Å². The molecule has 0 aliphatic rings. The number of allylic oxidation sites excluding steroid dienone is 1. The van der Waals surface area contributed by atoms with Crippen LogP contribution < -0.4 is 0 Å². The van der Waals surface area contributed by atoms with Crippen LogP contribution >= 0.6 is 0 Å². The van der Waals surface area contributed by atoms with Crippen molar-refractivity contribution in [2.45, 2.75) is 19.8 Å². The van der Waals surface area contributed by atoms with Crippen LogP contribution in [0.2, 0.25) is 0 Å². The minimum absolute atomic E-state index is 0.0751. The van der Waals surface area contributed by atoms with Gasteiger partial charge in [0.25, 0.3) is 0 Å². The number of carbonyl (C=O) groups is 1. The Balaban J connectivity index is 2.46. The van der Waals surface area contributed by atoms with Crippen LogP contribution in [0.4, 0.5) is 0 Å². The van der Waals surface area contributed by atoms with E-state index in [-0.39, 0.29) is 5.91 Å². The Labute approximate surface area is 94.4 Å². The van der Waals surface area contributed by atoms with E-state index in [4.69, 9.17) is 0 Å². The van der Waals surface area contributed by atoms with Crippen molar-refractivity contribution >= 4 is 16.9 Å². The van der Waals surface area contributed by atoms with Crippen molar-refractivity contribution in [1.29, 1.82) is 0 Å². The third-order valence-corrected chi connectivity index (χ3v) is 2.56. The summed E-state index contributed by atoms with van der Waals surface area (Å²) >= 11 is 0. The highest BCUT2D eigenvalue weighted by Crippen LogP contribution is 2.17. The van der Waals surface area contributed by atoms with Gasteiger partial charge in [0, 0.05) is 23.7 Å². The highest BCUT2D eigenvalue weighted by Gasteiger charge is 2.12. The molecule has 0 unspecified atom stereocenters. The summed E-state index contributed by atoms with van der Waals surface area (Å²) in [5.41, 5.74) is 1.68. The number of hydrogen-bond donors (Lipinski definition) is 0. The van der Waals surface area contributed by atoms with Crippen molar-refractivity contribution in [2.75, 3.05) is 0 Å². The molecule has 0 atom stereocenters. The van der Waals surface area contributed by atoms with Gasteiger partial charge in [0.15, 0.2) is 0 Å². The van der Waals surface area contributed by atoms with Crippen molar-refractivity contribution in [1.82, 2.24) is 9.55 Å². The lowest BCUT2D eigenvalue weighted by Crippen LogP contribution is -2.11. The molecule has 2 heterocycles. The van der Waals surface area contributed by atoms with Crippen LogP contribution in [-0.4, -0.2) is 15.5 Å². The van der Waals surface area contributed by atoms with Gasteiger partial charge in [0.05, 0.1) is 0 Å². The number of aryl methyl sites for hydroxylation is 1. The number of pyridine rings is 1. The zero-order valence-corrected chi connectivity index (χ0v) is 9.31. The topological polar surface area (TPSA) is 34.9 Å². The number of fused-ring (bicyclic) bond motifs is 1. The van der Waals surface area contributed by atoms with E-state index in [9.17, 15) is 4.79 Å². The van der Waals surface area contributed by atoms with E-state index >= 15 is 0 Å². The molecule has 0 aliphatic carbocycles. The normalized spacial score (nSPS) is 10.6. The summed E-state index contributed by atoms with van der Waals surface area (Å²) in [5.74, 6) is 0.0751. The molecular formula is C13H14N2O. The summed E-state index contributed by atoms with van der Waals surface area (Å²) in [6.45, 7) is 5.55. The molecule has 0 fully saturated rings. The third kappa shape index (κ3) is 1.76. The second-order valence-corrected chi connectivity index (χ2v) is 3.76. The predicted octanol–water partition coefficient (Wildman–Crippen LogP) is 2.95. The van der Waals surface area contributed by atoms with Gasteiger partial charge in [-0.25, -0.2) is 4.98 Å². The lowest BCUT2D eigenvalue weighted by molar-refractivity contribution is 0.0906. The van der Waals surface area contributed by atoms with Crippen LogP contribution in [-0.2, 0) is 0 Å². The van der Waals surface area contributed by atoms with Gasteiger partial charge in [-0.15, -0.1) is 6.58 Å². The first kappa shape index (κ1) is 10.6. The minimum Gasteiger partial charge on any atom is -0.274 e. The number of aromatic nitrogens is 2. The molecule has 0 N–H and O–H groups in total. The molecule has 16 heavy (non-hydrogen) atoms. The van der Waals surface area contributed by atoms with Crippen molar-refractivity contribution in [3.63, 3.8) is 0 Å². The Bertz CT molecular complexity index is 540. The molecule has 2 rings (SSSR count). The Morgan fingerprint density at radius 1 is 1.62 bits per heavy atom. The molecule has 0 saturated carbocycles. The maximum atomic E-state index is 12.0. The van der Waals surface area contributed by atoms with Crippen LogP contribution in [0.5, 0.6) is 0 Å². The van der Waals surface area contributed by atoms with Crippen LogP contribution in [0.1, 0.15) is 23.3 Å². The second-order valence-electron chi connectivity index (χ2n) is 3.76. The number of rotatable bonds is 3. The Kier molecular flexibility index (Phi) is 2.86.